The summed E-state index contributed by atoms with van der Waals surface area (Å²) in [4.78, 5) is 0. The largest absolute Gasteiger partial charge is 0.380 e. The molecule has 3 nitrogen and oxygen atoms in total. The van der Waals surface area contributed by atoms with Crippen molar-refractivity contribution in [2.45, 2.75) is 63.1 Å². The molecule has 4 unspecified atom stereocenters. The van der Waals surface area contributed by atoms with Gasteiger partial charge in [-0.25, -0.2) is 0 Å². The maximum atomic E-state index is 5.86. The molecule has 0 aromatic heterocycles. The minimum atomic E-state index is 0.431. The molecule has 0 spiro atoms. The highest BCUT2D eigenvalue weighted by Gasteiger charge is 2.32. The van der Waals surface area contributed by atoms with E-state index in [4.69, 9.17) is 10.5 Å². The maximum absolute atomic E-state index is 5.86. The van der Waals surface area contributed by atoms with Crippen LogP contribution in [0, 0.1) is 5.92 Å². The fourth-order valence-electron chi connectivity index (χ4n) is 3.38. The molecule has 3 N–H and O–H groups in total. The van der Waals surface area contributed by atoms with Crippen molar-refractivity contribution in [1.82, 2.24) is 5.32 Å². The van der Waals surface area contributed by atoms with Gasteiger partial charge in [0, 0.05) is 19.2 Å². The van der Waals surface area contributed by atoms with E-state index in [0.29, 0.717) is 24.1 Å². The lowest BCUT2D eigenvalue weighted by atomic mass is 9.84. The van der Waals surface area contributed by atoms with Crippen LogP contribution in [-0.4, -0.2) is 31.8 Å². The quantitative estimate of drug-likeness (QED) is 0.766. The van der Waals surface area contributed by atoms with Gasteiger partial charge in [-0.15, -0.1) is 0 Å². The van der Waals surface area contributed by atoms with Crippen LogP contribution in [0.15, 0.2) is 0 Å². The van der Waals surface area contributed by atoms with Crippen LogP contribution in [0.25, 0.3) is 0 Å². The van der Waals surface area contributed by atoms with E-state index in [1.165, 1.54) is 44.9 Å². The van der Waals surface area contributed by atoms with Crippen LogP contribution in [-0.2, 0) is 4.74 Å². The molecule has 2 aliphatic rings. The van der Waals surface area contributed by atoms with Gasteiger partial charge in [0.1, 0.15) is 0 Å². The van der Waals surface area contributed by atoms with E-state index in [9.17, 15) is 0 Å². The molecule has 0 radical (unpaired) electrons. The summed E-state index contributed by atoms with van der Waals surface area (Å²) in [5, 5.41) is 3.81. The molecule has 0 amide bonds. The molecule has 0 aromatic carbocycles. The number of hydrogen-bond acceptors (Lipinski definition) is 3. The van der Waals surface area contributed by atoms with Crippen molar-refractivity contribution < 1.29 is 4.74 Å². The third-order valence-electron chi connectivity index (χ3n) is 4.40. The topological polar surface area (TPSA) is 47.3 Å². The lowest BCUT2D eigenvalue weighted by Crippen LogP contribution is -2.49. The highest BCUT2D eigenvalue weighted by Crippen LogP contribution is 2.27. The number of ether oxygens (including phenoxy) is 1. The molecule has 3 heteroatoms. The summed E-state index contributed by atoms with van der Waals surface area (Å²) in [6.07, 6.45) is 9.54. The van der Waals surface area contributed by atoms with Crippen molar-refractivity contribution in [1.29, 1.82) is 0 Å². The SMILES string of the molecule is COC1CCCC1NC1CCCCC1CN. The van der Waals surface area contributed by atoms with Crippen molar-refractivity contribution in [2.24, 2.45) is 11.7 Å². The van der Waals surface area contributed by atoms with Crippen molar-refractivity contribution in [3.05, 3.63) is 0 Å². The van der Waals surface area contributed by atoms with E-state index in [1.54, 1.807) is 0 Å². The molecular formula is C13H26N2O. The van der Waals surface area contributed by atoms with E-state index < -0.39 is 0 Å². The van der Waals surface area contributed by atoms with E-state index in [-0.39, 0.29) is 0 Å². The minimum absolute atomic E-state index is 0.431. The molecule has 2 saturated carbocycles. The van der Waals surface area contributed by atoms with Gasteiger partial charge < -0.3 is 15.8 Å². The third-order valence-corrected chi connectivity index (χ3v) is 4.40. The van der Waals surface area contributed by atoms with Gasteiger partial charge in [-0.05, 0) is 44.6 Å². The first-order valence-electron chi connectivity index (χ1n) is 6.84. The normalized spacial score (nSPS) is 40.1. The van der Waals surface area contributed by atoms with Crippen molar-refractivity contribution in [2.75, 3.05) is 13.7 Å². The van der Waals surface area contributed by atoms with Gasteiger partial charge >= 0.3 is 0 Å². The van der Waals surface area contributed by atoms with Gasteiger partial charge in [0.05, 0.1) is 6.10 Å². The summed E-state index contributed by atoms with van der Waals surface area (Å²) in [5.74, 6) is 0.687. The summed E-state index contributed by atoms with van der Waals surface area (Å²) in [6.45, 7) is 0.835. The predicted octanol–water partition coefficient (Wildman–Crippen LogP) is 1.66. The Labute approximate surface area is 99.1 Å². The summed E-state index contributed by atoms with van der Waals surface area (Å²) in [6, 6.07) is 1.21. The first-order chi connectivity index (χ1) is 7.85. The highest BCUT2D eigenvalue weighted by atomic mass is 16.5. The van der Waals surface area contributed by atoms with Gasteiger partial charge in [-0.3, -0.25) is 0 Å². The third kappa shape index (κ3) is 2.76. The van der Waals surface area contributed by atoms with Crippen LogP contribution in [0.4, 0.5) is 0 Å². The fraction of sp³-hybridized carbons (Fsp3) is 1.00. The molecule has 2 fully saturated rings. The van der Waals surface area contributed by atoms with Crippen LogP contribution in [0.3, 0.4) is 0 Å². The first-order valence-corrected chi connectivity index (χ1v) is 6.84. The van der Waals surface area contributed by atoms with Crippen LogP contribution in [0.1, 0.15) is 44.9 Å². The summed E-state index contributed by atoms with van der Waals surface area (Å²) < 4.78 is 5.54. The van der Waals surface area contributed by atoms with Crippen LogP contribution < -0.4 is 11.1 Å². The molecule has 2 aliphatic carbocycles. The molecule has 0 aromatic rings. The van der Waals surface area contributed by atoms with E-state index >= 15 is 0 Å². The molecule has 94 valence electrons. The molecule has 0 heterocycles. The Morgan fingerprint density at radius 2 is 1.81 bits per heavy atom. The Kier molecular flexibility index (Phi) is 4.62. The van der Waals surface area contributed by atoms with Gasteiger partial charge in [0.2, 0.25) is 0 Å². The molecule has 4 atom stereocenters. The van der Waals surface area contributed by atoms with E-state index in [1.807, 2.05) is 7.11 Å². The molecular weight excluding hydrogens is 200 g/mol. The number of hydrogen-bond donors (Lipinski definition) is 2. The lowest BCUT2D eigenvalue weighted by molar-refractivity contribution is 0.0747. The van der Waals surface area contributed by atoms with Crippen molar-refractivity contribution in [3.63, 3.8) is 0 Å². The van der Waals surface area contributed by atoms with Gasteiger partial charge in [0.15, 0.2) is 0 Å². The molecule has 16 heavy (non-hydrogen) atoms. The number of nitrogens with two attached hydrogens (primary N) is 1. The monoisotopic (exact) mass is 226 g/mol. The zero-order chi connectivity index (χ0) is 11.4. The average molecular weight is 226 g/mol. The van der Waals surface area contributed by atoms with Crippen LogP contribution in [0.5, 0.6) is 0 Å². The Bertz CT molecular complexity index is 210. The Morgan fingerprint density at radius 1 is 1.06 bits per heavy atom. The van der Waals surface area contributed by atoms with Crippen LogP contribution in [0.2, 0.25) is 0 Å². The van der Waals surface area contributed by atoms with E-state index in [2.05, 4.69) is 5.32 Å². The van der Waals surface area contributed by atoms with Crippen LogP contribution >= 0.6 is 0 Å². The maximum Gasteiger partial charge on any atom is 0.0724 e. The second kappa shape index (κ2) is 5.99. The summed E-state index contributed by atoms with van der Waals surface area (Å²) in [7, 11) is 1.84. The molecule has 0 bridgehead atoms. The Morgan fingerprint density at radius 3 is 2.56 bits per heavy atom. The molecule has 0 saturated heterocycles. The van der Waals surface area contributed by atoms with Crippen molar-refractivity contribution in [3.8, 4) is 0 Å². The summed E-state index contributed by atoms with van der Waals surface area (Å²) >= 11 is 0. The smallest absolute Gasteiger partial charge is 0.0724 e. The first kappa shape index (κ1) is 12.3. The lowest BCUT2D eigenvalue weighted by Gasteiger charge is -2.35. The second-order valence-electron chi connectivity index (χ2n) is 5.36. The van der Waals surface area contributed by atoms with Gasteiger partial charge in [-0.1, -0.05) is 12.8 Å². The molecule has 0 aliphatic heterocycles. The minimum Gasteiger partial charge on any atom is -0.380 e. The fourth-order valence-corrected chi connectivity index (χ4v) is 3.38. The zero-order valence-corrected chi connectivity index (χ0v) is 10.5. The molecule has 2 rings (SSSR count). The number of rotatable bonds is 4. The number of methoxy groups -OCH3 is 1. The highest BCUT2D eigenvalue weighted by molar-refractivity contribution is 4.90. The summed E-state index contributed by atoms with van der Waals surface area (Å²) in [5.41, 5.74) is 5.86. The second-order valence-corrected chi connectivity index (χ2v) is 5.36. The van der Waals surface area contributed by atoms with Gasteiger partial charge in [0.25, 0.3) is 0 Å². The van der Waals surface area contributed by atoms with E-state index in [0.717, 1.165) is 6.54 Å². The predicted molar refractivity (Wildman–Crippen MR) is 66.4 cm³/mol. The van der Waals surface area contributed by atoms with Gasteiger partial charge in [-0.2, -0.15) is 0 Å². The standard InChI is InChI=1S/C13H26N2O/c1-16-13-8-4-7-12(13)15-11-6-3-2-5-10(11)9-14/h10-13,15H,2-9,14H2,1H3. The Balaban J connectivity index is 1.86. The zero-order valence-electron chi connectivity index (χ0n) is 10.5. The number of nitrogens with one attached hydrogen (secondary N) is 1. The Hall–Kier alpha value is -0.120. The van der Waals surface area contributed by atoms with Crippen molar-refractivity contribution >= 4 is 0 Å². The average Bonchev–Trinajstić information content (AvgIpc) is 2.77.